The monoisotopic (exact) mass is 281 g/mol. The highest BCUT2D eigenvalue weighted by Crippen LogP contribution is 2.56. The number of rotatable bonds is 3. The van der Waals surface area contributed by atoms with Crippen LogP contribution >= 0.6 is 8.45 Å². The second kappa shape index (κ2) is 5.97. The summed E-state index contributed by atoms with van der Waals surface area (Å²) < 4.78 is 10.1. The van der Waals surface area contributed by atoms with E-state index in [2.05, 4.69) is 9.99 Å². The molecule has 0 bridgehead atoms. The van der Waals surface area contributed by atoms with Gasteiger partial charge in [-0.1, -0.05) is 30.3 Å². The van der Waals surface area contributed by atoms with Gasteiger partial charge in [-0.05, 0) is 26.7 Å². The molecule has 1 fully saturated rings. The van der Waals surface area contributed by atoms with Gasteiger partial charge >= 0.3 is 0 Å². The Hall–Kier alpha value is -1.00. The van der Waals surface area contributed by atoms with Gasteiger partial charge < -0.3 is 9.84 Å². The molecule has 0 aliphatic carbocycles. The first kappa shape index (κ1) is 14.4. The molecule has 19 heavy (non-hydrogen) atoms. The topological polar surface area (TPSA) is 44.8 Å². The molecule has 1 aromatic rings. The first-order valence-electron chi connectivity index (χ1n) is 6.19. The molecule has 1 amide bonds. The van der Waals surface area contributed by atoms with Crippen molar-refractivity contribution in [1.29, 1.82) is 0 Å². The van der Waals surface area contributed by atoms with Crippen LogP contribution in [0.25, 0.3) is 0 Å². The number of nitrogens with zero attached hydrogens (tertiary/aromatic N) is 2. The highest BCUT2D eigenvalue weighted by Gasteiger charge is 2.46. The fraction of sp³-hybridized carbons (Fsp3) is 0.462. The lowest BCUT2D eigenvalue weighted by atomic mass is 10.0. The van der Waals surface area contributed by atoms with Crippen LogP contribution < -0.4 is 5.32 Å². The molecule has 3 unspecified atom stereocenters. The molecular formula is C13H20N3O2P. The van der Waals surface area contributed by atoms with Gasteiger partial charge in [-0.3, -0.25) is 9.46 Å². The summed E-state index contributed by atoms with van der Waals surface area (Å²) in [6.07, 6.45) is -0.467. The van der Waals surface area contributed by atoms with E-state index >= 15 is 0 Å². The maximum Gasteiger partial charge on any atom is 0.251 e. The summed E-state index contributed by atoms with van der Waals surface area (Å²) in [5.74, 6) is -0.0763. The molecule has 0 aromatic heterocycles. The van der Waals surface area contributed by atoms with Gasteiger partial charge in [-0.25, -0.2) is 4.67 Å². The Bertz CT molecular complexity index is 441. The number of amides is 1. The van der Waals surface area contributed by atoms with Crippen molar-refractivity contribution < 1.29 is 9.32 Å². The molecule has 5 nitrogen and oxygen atoms in total. The molecule has 6 heteroatoms. The van der Waals surface area contributed by atoms with E-state index in [4.69, 9.17) is 4.52 Å². The summed E-state index contributed by atoms with van der Waals surface area (Å²) in [6.45, 7) is 0. The minimum absolute atomic E-state index is 0.0466. The van der Waals surface area contributed by atoms with Crippen LogP contribution in [0.3, 0.4) is 0 Å². The average molecular weight is 281 g/mol. The summed E-state index contributed by atoms with van der Waals surface area (Å²) in [6, 6.07) is 9.97. The third kappa shape index (κ3) is 2.79. The third-order valence-electron chi connectivity index (χ3n) is 3.16. The smallest absolute Gasteiger partial charge is 0.251 e. The van der Waals surface area contributed by atoms with E-state index in [-0.39, 0.29) is 11.9 Å². The number of carbonyl (C=O) groups is 1. The molecule has 2 rings (SSSR count). The third-order valence-corrected chi connectivity index (χ3v) is 5.04. The zero-order chi connectivity index (χ0) is 14.0. The van der Waals surface area contributed by atoms with Crippen molar-refractivity contribution in [3.05, 3.63) is 35.9 Å². The largest absolute Gasteiger partial charge is 0.357 e. The van der Waals surface area contributed by atoms with Crippen molar-refractivity contribution in [1.82, 2.24) is 14.7 Å². The predicted octanol–water partition coefficient (Wildman–Crippen LogP) is 1.59. The molecule has 0 saturated carbocycles. The van der Waals surface area contributed by atoms with Crippen molar-refractivity contribution in [2.24, 2.45) is 0 Å². The summed E-state index contributed by atoms with van der Waals surface area (Å²) in [5.41, 5.74) is 1.10. The number of hydrogen-bond acceptors (Lipinski definition) is 4. The molecule has 1 aromatic carbocycles. The van der Waals surface area contributed by atoms with Crippen molar-refractivity contribution in [2.45, 2.75) is 12.1 Å². The number of carbonyl (C=O) groups excluding carboxylic acids is 1. The number of benzene rings is 1. The molecule has 1 heterocycles. The summed E-state index contributed by atoms with van der Waals surface area (Å²) >= 11 is 0. The standard InChI is InChI=1S/C13H20N3O2P/c1-14-13(17)12-11(10-8-6-5-7-9-10)16(4)19(18-12)15(2)3/h5-9,11-12H,1-4H3,(H,14,17). The van der Waals surface area contributed by atoms with Gasteiger partial charge in [-0.15, -0.1) is 0 Å². The summed E-state index contributed by atoms with van der Waals surface area (Å²) in [5, 5.41) is 2.69. The highest BCUT2D eigenvalue weighted by atomic mass is 31.2. The first-order chi connectivity index (χ1) is 9.06. The van der Waals surface area contributed by atoms with Crippen molar-refractivity contribution >= 4 is 14.4 Å². The van der Waals surface area contributed by atoms with E-state index in [9.17, 15) is 4.79 Å². The number of nitrogens with one attached hydrogen (secondary N) is 1. The van der Waals surface area contributed by atoms with Gasteiger partial charge in [0.05, 0.1) is 6.04 Å². The van der Waals surface area contributed by atoms with E-state index in [0.717, 1.165) is 5.56 Å². The van der Waals surface area contributed by atoms with Crippen LogP contribution in [0.15, 0.2) is 30.3 Å². The minimum atomic E-state index is -0.900. The van der Waals surface area contributed by atoms with Crippen LogP contribution in [0.4, 0.5) is 0 Å². The fourth-order valence-corrected chi connectivity index (χ4v) is 4.07. The molecule has 1 N–H and O–H groups in total. The van der Waals surface area contributed by atoms with Gasteiger partial charge in [0.2, 0.25) is 0 Å². The molecule has 0 spiro atoms. The highest BCUT2D eigenvalue weighted by molar-refractivity contribution is 7.47. The van der Waals surface area contributed by atoms with E-state index in [0.29, 0.717) is 0 Å². The van der Waals surface area contributed by atoms with Crippen LogP contribution in [0.5, 0.6) is 0 Å². The quantitative estimate of drug-likeness (QED) is 0.855. The van der Waals surface area contributed by atoms with Gasteiger partial charge in [0, 0.05) is 7.05 Å². The molecule has 1 aliphatic heterocycles. The molecule has 1 aliphatic rings. The van der Waals surface area contributed by atoms with Crippen LogP contribution in [-0.4, -0.2) is 49.5 Å². The first-order valence-corrected chi connectivity index (χ1v) is 7.36. The molecule has 3 atom stereocenters. The fourth-order valence-electron chi connectivity index (χ4n) is 2.29. The Morgan fingerprint density at radius 2 is 2.00 bits per heavy atom. The van der Waals surface area contributed by atoms with Gasteiger partial charge in [0.25, 0.3) is 5.91 Å². The minimum Gasteiger partial charge on any atom is -0.357 e. The maximum atomic E-state index is 12.0. The SMILES string of the molecule is CNC(=O)C1OP(N(C)C)N(C)C1c1ccccc1. The normalized spacial score (nSPS) is 27.7. The van der Waals surface area contributed by atoms with Crippen molar-refractivity contribution in [3.8, 4) is 0 Å². The zero-order valence-corrected chi connectivity index (χ0v) is 12.6. The number of hydrogen-bond donors (Lipinski definition) is 1. The average Bonchev–Trinajstić information content (AvgIpc) is 2.76. The van der Waals surface area contributed by atoms with Gasteiger partial charge in [-0.2, -0.15) is 0 Å². The Kier molecular flexibility index (Phi) is 4.53. The predicted molar refractivity (Wildman–Crippen MR) is 76.5 cm³/mol. The van der Waals surface area contributed by atoms with Gasteiger partial charge in [0.15, 0.2) is 14.6 Å². The lowest BCUT2D eigenvalue weighted by Gasteiger charge is -2.26. The zero-order valence-electron chi connectivity index (χ0n) is 11.7. The second-order valence-corrected chi connectivity index (χ2v) is 6.82. The molecular weight excluding hydrogens is 261 g/mol. The Labute approximate surface area is 115 Å². The molecule has 1 saturated heterocycles. The lowest BCUT2D eigenvalue weighted by Crippen LogP contribution is -2.37. The lowest BCUT2D eigenvalue weighted by molar-refractivity contribution is -0.127. The Balaban J connectivity index is 2.33. The Morgan fingerprint density at radius 1 is 1.37 bits per heavy atom. The summed E-state index contributed by atoms with van der Waals surface area (Å²) in [4.78, 5) is 12.0. The summed E-state index contributed by atoms with van der Waals surface area (Å²) in [7, 11) is 6.69. The van der Waals surface area contributed by atoms with E-state index in [1.54, 1.807) is 7.05 Å². The molecule has 104 valence electrons. The van der Waals surface area contributed by atoms with E-state index in [1.165, 1.54) is 0 Å². The maximum absolute atomic E-state index is 12.0. The second-order valence-electron chi connectivity index (χ2n) is 4.67. The Morgan fingerprint density at radius 3 is 2.53 bits per heavy atom. The van der Waals surface area contributed by atoms with E-state index < -0.39 is 14.6 Å². The van der Waals surface area contributed by atoms with Crippen LogP contribution in [0, 0.1) is 0 Å². The van der Waals surface area contributed by atoms with Crippen LogP contribution in [0.2, 0.25) is 0 Å². The molecule has 0 radical (unpaired) electrons. The van der Waals surface area contributed by atoms with Crippen molar-refractivity contribution in [2.75, 3.05) is 28.2 Å². The van der Waals surface area contributed by atoms with Crippen LogP contribution in [-0.2, 0) is 9.32 Å². The van der Waals surface area contributed by atoms with E-state index in [1.807, 2.05) is 56.1 Å². The van der Waals surface area contributed by atoms with Crippen LogP contribution in [0.1, 0.15) is 11.6 Å². The van der Waals surface area contributed by atoms with Gasteiger partial charge in [0.1, 0.15) is 0 Å². The number of likely N-dealkylation sites (N-methyl/N-ethyl adjacent to an activating group) is 2. The van der Waals surface area contributed by atoms with Crippen molar-refractivity contribution in [3.63, 3.8) is 0 Å².